The van der Waals surface area contributed by atoms with Crippen LogP contribution in [0, 0.1) is 0 Å². The number of carbonyl (C=O) groups excluding carboxylic acids is 1. The van der Waals surface area contributed by atoms with Crippen molar-refractivity contribution in [2.24, 2.45) is 4.99 Å². The van der Waals surface area contributed by atoms with Gasteiger partial charge in [-0.25, -0.2) is 4.99 Å². The van der Waals surface area contributed by atoms with Gasteiger partial charge in [-0.3, -0.25) is 9.78 Å². The standard InChI is InChI=1S/C16H25N5O2.HI/c1-3-18-15(20-12-16(2)7-5-9-23-16)19-11-14(22)21-13-6-4-8-17-10-13;/h4,6,8,10H,3,5,7,9,11-12H2,1-2H3,(H,21,22)(H2,18,19,20);1H. The number of rotatable bonds is 6. The van der Waals surface area contributed by atoms with Gasteiger partial charge in [-0.1, -0.05) is 0 Å². The molecule has 1 amide bonds. The first-order valence-electron chi connectivity index (χ1n) is 7.97. The fourth-order valence-electron chi connectivity index (χ4n) is 2.38. The maximum absolute atomic E-state index is 11.9. The Bertz CT molecular complexity index is 533. The first-order valence-corrected chi connectivity index (χ1v) is 7.97. The van der Waals surface area contributed by atoms with Gasteiger partial charge in [-0.2, -0.15) is 0 Å². The third-order valence-corrected chi connectivity index (χ3v) is 3.60. The summed E-state index contributed by atoms with van der Waals surface area (Å²) >= 11 is 0. The van der Waals surface area contributed by atoms with Gasteiger partial charge in [-0.05, 0) is 38.8 Å². The van der Waals surface area contributed by atoms with Crippen LogP contribution in [0.4, 0.5) is 5.69 Å². The van der Waals surface area contributed by atoms with E-state index in [1.165, 1.54) is 0 Å². The molecule has 0 aliphatic carbocycles. The molecule has 3 N–H and O–H groups in total. The lowest BCUT2D eigenvalue weighted by Gasteiger charge is -2.24. The molecule has 1 aliphatic rings. The Balaban J connectivity index is 0.00000288. The Hall–Kier alpha value is -1.42. The zero-order valence-electron chi connectivity index (χ0n) is 14.2. The van der Waals surface area contributed by atoms with Crippen molar-refractivity contribution in [1.82, 2.24) is 15.6 Å². The van der Waals surface area contributed by atoms with Crippen LogP contribution in [0.1, 0.15) is 26.7 Å². The number of pyridine rings is 1. The predicted octanol–water partition coefficient (Wildman–Crippen LogP) is 1.76. The van der Waals surface area contributed by atoms with Gasteiger partial charge >= 0.3 is 0 Å². The molecule has 1 aromatic rings. The van der Waals surface area contributed by atoms with Crippen LogP contribution in [-0.2, 0) is 9.53 Å². The molecule has 2 heterocycles. The molecule has 2 rings (SSSR count). The first-order chi connectivity index (χ1) is 11.1. The topological polar surface area (TPSA) is 87.6 Å². The van der Waals surface area contributed by atoms with Crippen LogP contribution in [0.15, 0.2) is 29.5 Å². The molecule has 0 spiro atoms. The number of aromatic nitrogens is 1. The van der Waals surface area contributed by atoms with E-state index in [1.807, 2.05) is 6.92 Å². The highest BCUT2D eigenvalue weighted by molar-refractivity contribution is 14.0. The van der Waals surface area contributed by atoms with Crippen molar-refractivity contribution >= 4 is 41.5 Å². The highest BCUT2D eigenvalue weighted by Crippen LogP contribution is 2.23. The average molecular weight is 447 g/mol. The zero-order valence-corrected chi connectivity index (χ0v) is 16.5. The lowest BCUT2D eigenvalue weighted by molar-refractivity contribution is -0.114. The van der Waals surface area contributed by atoms with Crippen LogP contribution in [0.5, 0.6) is 0 Å². The minimum atomic E-state index is -0.182. The van der Waals surface area contributed by atoms with Crippen molar-refractivity contribution in [3.05, 3.63) is 24.5 Å². The van der Waals surface area contributed by atoms with Gasteiger partial charge in [0.2, 0.25) is 5.91 Å². The summed E-state index contributed by atoms with van der Waals surface area (Å²) in [6.07, 6.45) is 5.37. The van der Waals surface area contributed by atoms with Crippen molar-refractivity contribution in [2.75, 3.05) is 31.6 Å². The number of anilines is 1. The predicted molar refractivity (Wildman–Crippen MR) is 106 cm³/mol. The third-order valence-electron chi connectivity index (χ3n) is 3.60. The van der Waals surface area contributed by atoms with E-state index in [9.17, 15) is 4.79 Å². The van der Waals surface area contributed by atoms with E-state index in [0.717, 1.165) is 26.0 Å². The Morgan fingerprint density at radius 1 is 1.46 bits per heavy atom. The summed E-state index contributed by atoms with van der Waals surface area (Å²) in [5, 5.41) is 9.13. The summed E-state index contributed by atoms with van der Waals surface area (Å²) < 4.78 is 5.74. The molecule has 0 saturated carbocycles. The Morgan fingerprint density at radius 3 is 2.92 bits per heavy atom. The molecule has 134 valence electrons. The maximum atomic E-state index is 11.9. The third kappa shape index (κ3) is 7.00. The monoisotopic (exact) mass is 447 g/mol. The molecular weight excluding hydrogens is 421 g/mol. The first kappa shape index (κ1) is 20.6. The molecule has 0 aromatic carbocycles. The van der Waals surface area contributed by atoms with Crippen molar-refractivity contribution in [2.45, 2.75) is 32.3 Å². The van der Waals surface area contributed by atoms with Crippen LogP contribution in [0.2, 0.25) is 0 Å². The molecule has 8 heteroatoms. The van der Waals surface area contributed by atoms with Gasteiger partial charge in [0, 0.05) is 25.9 Å². The molecule has 1 saturated heterocycles. The molecule has 1 aliphatic heterocycles. The van der Waals surface area contributed by atoms with Crippen LogP contribution in [0.3, 0.4) is 0 Å². The molecule has 1 unspecified atom stereocenters. The SMILES string of the molecule is CCNC(=NCC(=O)Nc1cccnc1)NCC1(C)CCCO1.I. The summed E-state index contributed by atoms with van der Waals surface area (Å²) in [7, 11) is 0. The number of aliphatic imine (C=N–C) groups is 1. The maximum Gasteiger partial charge on any atom is 0.246 e. The van der Waals surface area contributed by atoms with Crippen LogP contribution >= 0.6 is 24.0 Å². The van der Waals surface area contributed by atoms with Crippen molar-refractivity contribution in [3.8, 4) is 0 Å². The minimum Gasteiger partial charge on any atom is -0.373 e. The molecule has 24 heavy (non-hydrogen) atoms. The highest BCUT2D eigenvalue weighted by Gasteiger charge is 2.29. The average Bonchev–Trinajstić information content (AvgIpc) is 2.98. The Morgan fingerprint density at radius 2 is 2.29 bits per heavy atom. The van der Waals surface area contributed by atoms with E-state index in [2.05, 4.69) is 32.9 Å². The van der Waals surface area contributed by atoms with E-state index in [1.54, 1.807) is 24.5 Å². The largest absolute Gasteiger partial charge is 0.373 e. The number of amides is 1. The highest BCUT2D eigenvalue weighted by atomic mass is 127. The molecule has 1 aromatic heterocycles. The Kier molecular flexibility index (Phi) is 8.98. The van der Waals surface area contributed by atoms with Gasteiger partial charge in [-0.15, -0.1) is 24.0 Å². The van der Waals surface area contributed by atoms with E-state index >= 15 is 0 Å². The van der Waals surface area contributed by atoms with Gasteiger partial charge in [0.05, 0.1) is 17.5 Å². The van der Waals surface area contributed by atoms with E-state index in [0.29, 0.717) is 18.2 Å². The quantitative estimate of drug-likeness (QED) is 0.352. The molecule has 1 fully saturated rings. The smallest absolute Gasteiger partial charge is 0.246 e. The van der Waals surface area contributed by atoms with E-state index in [4.69, 9.17) is 4.74 Å². The molecule has 7 nitrogen and oxygen atoms in total. The van der Waals surface area contributed by atoms with Crippen LogP contribution < -0.4 is 16.0 Å². The zero-order chi connectivity index (χ0) is 16.5. The number of carbonyl (C=O) groups is 1. The van der Waals surface area contributed by atoms with Gasteiger partial charge in [0.15, 0.2) is 5.96 Å². The lowest BCUT2D eigenvalue weighted by Crippen LogP contribution is -2.45. The molecule has 0 radical (unpaired) electrons. The normalized spacial score (nSPS) is 20.2. The van der Waals surface area contributed by atoms with Gasteiger partial charge < -0.3 is 20.7 Å². The van der Waals surface area contributed by atoms with Crippen LogP contribution in [0.25, 0.3) is 0 Å². The summed E-state index contributed by atoms with van der Waals surface area (Å²) in [6.45, 7) is 6.32. The number of guanidine groups is 1. The fourth-order valence-corrected chi connectivity index (χ4v) is 2.38. The van der Waals surface area contributed by atoms with E-state index in [-0.39, 0.29) is 42.0 Å². The number of hydrogen-bond donors (Lipinski definition) is 3. The molecular formula is C16H26IN5O2. The van der Waals surface area contributed by atoms with E-state index < -0.39 is 0 Å². The number of ether oxygens (including phenoxy) is 1. The Labute approximate surface area is 160 Å². The van der Waals surface area contributed by atoms with Crippen molar-refractivity contribution < 1.29 is 9.53 Å². The number of nitrogens with one attached hydrogen (secondary N) is 3. The van der Waals surface area contributed by atoms with Crippen molar-refractivity contribution in [3.63, 3.8) is 0 Å². The van der Waals surface area contributed by atoms with Gasteiger partial charge in [0.25, 0.3) is 0 Å². The summed E-state index contributed by atoms with van der Waals surface area (Å²) in [5.74, 6) is 0.434. The summed E-state index contributed by atoms with van der Waals surface area (Å²) in [6, 6.07) is 3.56. The second kappa shape index (κ2) is 10.4. The summed E-state index contributed by atoms with van der Waals surface area (Å²) in [5.41, 5.74) is 0.506. The summed E-state index contributed by atoms with van der Waals surface area (Å²) in [4.78, 5) is 20.2. The lowest BCUT2D eigenvalue weighted by atomic mass is 10.0. The number of hydrogen-bond acceptors (Lipinski definition) is 4. The second-order valence-electron chi connectivity index (χ2n) is 5.74. The minimum absolute atomic E-state index is 0. The number of halogens is 1. The van der Waals surface area contributed by atoms with Gasteiger partial charge in [0.1, 0.15) is 6.54 Å². The second-order valence-corrected chi connectivity index (χ2v) is 5.74. The van der Waals surface area contributed by atoms with Crippen molar-refractivity contribution in [1.29, 1.82) is 0 Å². The number of nitrogens with zero attached hydrogens (tertiary/aromatic N) is 2. The van der Waals surface area contributed by atoms with Crippen LogP contribution in [-0.4, -0.2) is 48.7 Å². The molecule has 0 bridgehead atoms. The fraction of sp³-hybridized carbons (Fsp3) is 0.562. The molecule has 1 atom stereocenters.